The number of nitrogens with one attached hydrogen (secondary N) is 1. The first-order chi connectivity index (χ1) is 13.2. The molecule has 0 saturated carbocycles. The number of phenols is 1. The van der Waals surface area contributed by atoms with Gasteiger partial charge in [-0.2, -0.15) is 0 Å². The lowest BCUT2D eigenvalue weighted by Gasteiger charge is -2.11. The molecule has 0 aliphatic carbocycles. The van der Waals surface area contributed by atoms with Gasteiger partial charge in [0.15, 0.2) is 0 Å². The molecule has 0 aliphatic rings. The summed E-state index contributed by atoms with van der Waals surface area (Å²) in [7, 11) is -4.08. The summed E-state index contributed by atoms with van der Waals surface area (Å²) in [5.41, 5.74) is 6.85. The van der Waals surface area contributed by atoms with E-state index in [-0.39, 0.29) is 21.3 Å². The van der Waals surface area contributed by atoms with E-state index in [0.717, 1.165) is 18.3 Å². The highest BCUT2D eigenvalue weighted by molar-refractivity contribution is 7.92. The van der Waals surface area contributed by atoms with Gasteiger partial charge in [-0.25, -0.2) is 18.2 Å². The van der Waals surface area contributed by atoms with Crippen LogP contribution in [0, 0.1) is 0 Å². The summed E-state index contributed by atoms with van der Waals surface area (Å²) in [6.07, 6.45) is 1.09. The minimum absolute atomic E-state index is 0.0112. The van der Waals surface area contributed by atoms with Crippen molar-refractivity contribution < 1.29 is 23.4 Å². The third-order valence-electron chi connectivity index (χ3n) is 3.80. The SMILES string of the molecule is Nc1cccc(-c2cc(S(=O)(=O)Nc3ccc(C(=O)O)c(O)c3)cnc2Cl)c1. The summed E-state index contributed by atoms with van der Waals surface area (Å²) in [4.78, 5) is 14.7. The van der Waals surface area contributed by atoms with E-state index in [0.29, 0.717) is 16.8 Å². The van der Waals surface area contributed by atoms with Gasteiger partial charge in [0, 0.05) is 23.5 Å². The smallest absolute Gasteiger partial charge is 0.339 e. The van der Waals surface area contributed by atoms with Gasteiger partial charge in [0.2, 0.25) is 0 Å². The molecule has 0 saturated heterocycles. The van der Waals surface area contributed by atoms with Gasteiger partial charge in [-0.15, -0.1) is 0 Å². The summed E-state index contributed by atoms with van der Waals surface area (Å²) >= 11 is 6.11. The average Bonchev–Trinajstić information content (AvgIpc) is 2.61. The Morgan fingerprint density at radius 3 is 2.54 bits per heavy atom. The number of aromatic nitrogens is 1. The van der Waals surface area contributed by atoms with Crippen LogP contribution in [0.2, 0.25) is 5.15 Å². The summed E-state index contributed by atoms with van der Waals surface area (Å²) < 4.78 is 27.6. The second kappa shape index (κ2) is 7.37. The van der Waals surface area contributed by atoms with E-state index in [1.54, 1.807) is 24.3 Å². The van der Waals surface area contributed by atoms with Gasteiger partial charge in [-0.05, 0) is 35.9 Å². The maximum absolute atomic E-state index is 12.7. The monoisotopic (exact) mass is 419 g/mol. The number of nitrogens with zero attached hydrogens (tertiary/aromatic N) is 1. The number of pyridine rings is 1. The van der Waals surface area contributed by atoms with Crippen LogP contribution in [0.5, 0.6) is 5.75 Å². The molecule has 5 N–H and O–H groups in total. The van der Waals surface area contributed by atoms with Crippen LogP contribution in [-0.2, 0) is 10.0 Å². The zero-order chi connectivity index (χ0) is 20.5. The van der Waals surface area contributed by atoms with Crippen molar-refractivity contribution in [1.82, 2.24) is 4.98 Å². The Morgan fingerprint density at radius 2 is 1.89 bits per heavy atom. The second-order valence-corrected chi connectivity index (χ2v) is 7.82. The van der Waals surface area contributed by atoms with Crippen molar-refractivity contribution in [2.75, 3.05) is 10.5 Å². The Balaban J connectivity index is 1.97. The third-order valence-corrected chi connectivity index (χ3v) is 5.45. The van der Waals surface area contributed by atoms with Crippen molar-refractivity contribution in [3.8, 4) is 16.9 Å². The summed E-state index contributed by atoms with van der Waals surface area (Å²) in [5, 5.41) is 18.8. The molecule has 3 rings (SSSR count). The number of hydrogen-bond donors (Lipinski definition) is 4. The maximum Gasteiger partial charge on any atom is 0.339 e. The lowest BCUT2D eigenvalue weighted by molar-refractivity contribution is 0.0694. The van der Waals surface area contributed by atoms with Crippen molar-refractivity contribution in [2.45, 2.75) is 4.90 Å². The fraction of sp³-hybridized carbons (Fsp3) is 0. The minimum atomic E-state index is -4.08. The minimum Gasteiger partial charge on any atom is -0.507 e. The van der Waals surface area contributed by atoms with E-state index in [9.17, 15) is 18.3 Å². The molecule has 1 aromatic heterocycles. The van der Waals surface area contributed by atoms with Crippen LogP contribution in [0.15, 0.2) is 59.6 Å². The van der Waals surface area contributed by atoms with Gasteiger partial charge in [0.1, 0.15) is 21.4 Å². The number of aromatic hydroxyl groups is 1. The largest absolute Gasteiger partial charge is 0.507 e. The van der Waals surface area contributed by atoms with Crippen LogP contribution in [0.3, 0.4) is 0 Å². The molecule has 0 fully saturated rings. The van der Waals surface area contributed by atoms with Gasteiger partial charge >= 0.3 is 5.97 Å². The number of nitrogens with two attached hydrogens (primary N) is 1. The Kier molecular flexibility index (Phi) is 5.12. The molecule has 0 spiro atoms. The van der Waals surface area contributed by atoms with Gasteiger partial charge in [-0.1, -0.05) is 23.7 Å². The lowest BCUT2D eigenvalue weighted by Crippen LogP contribution is -2.13. The highest BCUT2D eigenvalue weighted by Gasteiger charge is 2.19. The van der Waals surface area contributed by atoms with Gasteiger partial charge in [-0.3, -0.25) is 4.72 Å². The lowest BCUT2D eigenvalue weighted by atomic mass is 10.1. The zero-order valence-corrected chi connectivity index (χ0v) is 15.7. The van der Waals surface area contributed by atoms with Crippen LogP contribution >= 0.6 is 11.6 Å². The molecule has 28 heavy (non-hydrogen) atoms. The summed E-state index contributed by atoms with van der Waals surface area (Å²) in [6.45, 7) is 0. The van der Waals surface area contributed by atoms with Crippen molar-refractivity contribution in [2.24, 2.45) is 0 Å². The van der Waals surface area contributed by atoms with Crippen LogP contribution < -0.4 is 10.5 Å². The third kappa shape index (κ3) is 4.00. The van der Waals surface area contributed by atoms with Gasteiger partial charge in [0.05, 0.1) is 5.69 Å². The Morgan fingerprint density at radius 1 is 1.14 bits per heavy atom. The number of rotatable bonds is 5. The van der Waals surface area contributed by atoms with E-state index in [4.69, 9.17) is 22.4 Å². The van der Waals surface area contributed by atoms with Gasteiger partial charge < -0.3 is 15.9 Å². The van der Waals surface area contributed by atoms with Gasteiger partial charge in [0.25, 0.3) is 10.0 Å². The maximum atomic E-state index is 12.7. The number of carbonyl (C=O) groups is 1. The Bertz CT molecular complexity index is 1180. The van der Waals surface area contributed by atoms with Crippen LogP contribution in [0.4, 0.5) is 11.4 Å². The molecule has 0 radical (unpaired) electrons. The summed E-state index contributed by atoms with van der Waals surface area (Å²) in [5.74, 6) is -1.90. The first kappa shape index (κ1) is 19.5. The molecule has 0 atom stereocenters. The number of nitrogen functional groups attached to an aromatic ring is 1. The molecule has 2 aromatic carbocycles. The molecule has 1 heterocycles. The van der Waals surface area contributed by atoms with E-state index < -0.39 is 21.7 Å². The molecular formula is C18H14ClN3O5S. The quantitative estimate of drug-likeness (QED) is 0.367. The van der Waals surface area contributed by atoms with Crippen molar-refractivity contribution in [3.63, 3.8) is 0 Å². The van der Waals surface area contributed by atoms with Crippen LogP contribution in [0.25, 0.3) is 11.1 Å². The van der Waals surface area contributed by atoms with Crippen molar-refractivity contribution >= 4 is 39.0 Å². The zero-order valence-electron chi connectivity index (χ0n) is 14.1. The van der Waals surface area contributed by atoms with E-state index in [1.165, 1.54) is 12.1 Å². The number of hydrogen-bond acceptors (Lipinski definition) is 6. The second-order valence-electron chi connectivity index (χ2n) is 5.78. The molecule has 0 aliphatic heterocycles. The molecule has 0 amide bonds. The number of halogens is 1. The number of carboxylic acid groups (broad SMARTS) is 1. The van der Waals surface area contributed by atoms with E-state index in [2.05, 4.69) is 9.71 Å². The summed E-state index contributed by atoms with van der Waals surface area (Å²) in [6, 6.07) is 11.4. The molecule has 0 bridgehead atoms. The van der Waals surface area contributed by atoms with Crippen LogP contribution in [0.1, 0.15) is 10.4 Å². The molecule has 0 unspecified atom stereocenters. The number of benzene rings is 2. The normalized spacial score (nSPS) is 11.2. The highest BCUT2D eigenvalue weighted by Crippen LogP contribution is 2.30. The first-order valence-electron chi connectivity index (χ1n) is 7.78. The molecule has 8 nitrogen and oxygen atoms in total. The first-order valence-corrected chi connectivity index (χ1v) is 9.64. The predicted molar refractivity (Wildman–Crippen MR) is 105 cm³/mol. The number of sulfonamides is 1. The molecule has 3 aromatic rings. The topological polar surface area (TPSA) is 143 Å². The van der Waals surface area contributed by atoms with Crippen molar-refractivity contribution in [1.29, 1.82) is 0 Å². The average molecular weight is 420 g/mol. The van der Waals surface area contributed by atoms with Crippen molar-refractivity contribution in [3.05, 3.63) is 65.4 Å². The number of aromatic carboxylic acids is 1. The molecular weight excluding hydrogens is 406 g/mol. The number of carboxylic acids is 1. The van der Waals surface area contributed by atoms with E-state index in [1.807, 2.05) is 0 Å². The molecule has 144 valence electrons. The number of anilines is 2. The Hall–Kier alpha value is -3.30. The Labute approximate surface area is 165 Å². The van der Waals surface area contributed by atoms with Crippen LogP contribution in [-0.4, -0.2) is 29.6 Å². The highest BCUT2D eigenvalue weighted by atomic mass is 35.5. The standard InChI is InChI=1S/C18H14ClN3O5S/c19-17-15(10-2-1-3-11(20)6-10)8-13(9-21-17)28(26,27)22-12-4-5-14(18(24)25)16(23)7-12/h1-9,22-23H,20H2,(H,24,25). The molecule has 10 heteroatoms. The predicted octanol–water partition coefficient (Wildman–Crippen LogP) is 3.19. The fourth-order valence-corrected chi connectivity index (χ4v) is 3.71. The van der Waals surface area contributed by atoms with E-state index >= 15 is 0 Å². The fourth-order valence-electron chi connectivity index (χ4n) is 2.47.